The molecular formula is C12H15N3. The van der Waals surface area contributed by atoms with E-state index in [1.807, 2.05) is 12.3 Å². The molecule has 3 heterocycles. The molecule has 1 aliphatic rings. The monoisotopic (exact) mass is 201 g/mol. The van der Waals surface area contributed by atoms with Crippen molar-refractivity contribution in [1.29, 1.82) is 0 Å². The van der Waals surface area contributed by atoms with Crippen LogP contribution in [0.3, 0.4) is 0 Å². The van der Waals surface area contributed by atoms with E-state index < -0.39 is 0 Å². The van der Waals surface area contributed by atoms with Crippen molar-refractivity contribution in [3.8, 4) is 0 Å². The molecule has 78 valence electrons. The summed E-state index contributed by atoms with van der Waals surface area (Å²) in [5, 5.41) is 4.69. The maximum atomic E-state index is 4.31. The molecule has 1 fully saturated rings. The van der Waals surface area contributed by atoms with Gasteiger partial charge in [-0.05, 0) is 49.5 Å². The van der Waals surface area contributed by atoms with Gasteiger partial charge in [-0.25, -0.2) is 4.98 Å². The number of aromatic amines is 1. The molecule has 2 N–H and O–H groups in total. The summed E-state index contributed by atoms with van der Waals surface area (Å²) in [7, 11) is 0. The molecule has 3 heteroatoms. The Morgan fingerprint density at radius 1 is 1.47 bits per heavy atom. The Kier molecular flexibility index (Phi) is 2.18. The van der Waals surface area contributed by atoms with Gasteiger partial charge in [0.05, 0.1) is 0 Å². The van der Waals surface area contributed by atoms with Crippen LogP contribution in [0.1, 0.15) is 12.0 Å². The summed E-state index contributed by atoms with van der Waals surface area (Å²) in [4.78, 5) is 7.54. The molecule has 15 heavy (non-hydrogen) atoms. The van der Waals surface area contributed by atoms with Crippen molar-refractivity contribution in [2.45, 2.75) is 12.8 Å². The van der Waals surface area contributed by atoms with Crippen molar-refractivity contribution in [3.05, 3.63) is 30.1 Å². The molecule has 3 nitrogen and oxygen atoms in total. The fraction of sp³-hybridized carbons (Fsp3) is 0.417. The quantitative estimate of drug-likeness (QED) is 0.776. The fourth-order valence-electron chi connectivity index (χ4n) is 2.38. The second kappa shape index (κ2) is 3.66. The molecule has 0 saturated carbocycles. The zero-order chi connectivity index (χ0) is 10.1. The minimum Gasteiger partial charge on any atom is -0.346 e. The van der Waals surface area contributed by atoms with Crippen LogP contribution in [-0.2, 0) is 6.42 Å². The highest BCUT2D eigenvalue weighted by atomic mass is 14.9. The van der Waals surface area contributed by atoms with Crippen LogP contribution in [0.15, 0.2) is 24.5 Å². The molecule has 0 spiro atoms. The number of rotatable bonds is 2. The molecular weight excluding hydrogens is 186 g/mol. The average molecular weight is 201 g/mol. The number of hydrogen-bond acceptors (Lipinski definition) is 2. The number of nitrogens with zero attached hydrogens (tertiary/aromatic N) is 1. The van der Waals surface area contributed by atoms with Crippen LogP contribution in [0, 0.1) is 5.92 Å². The van der Waals surface area contributed by atoms with Crippen LogP contribution in [-0.4, -0.2) is 23.1 Å². The maximum Gasteiger partial charge on any atom is 0.137 e. The first kappa shape index (κ1) is 8.92. The van der Waals surface area contributed by atoms with Crippen LogP contribution in [0.25, 0.3) is 11.0 Å². The molecule has 0 radical (unpaired) electrons. The maximum absolute atomic E-state index is 4.31. The van der Waals surface area contributed by atoms with E-state index in [1.165, 1.54) is 30.3 Å². The number of H-pyrrole nitrogens is 1. The number of nitrogens with one attached hydrogen (secondary N) is 2. The summed E-state index contributed by atoms with van der Waals surface area (Å²) < 4.78 is 0. The van der Waals surface area contributed by atoms with E-state index >= 15 is 0 Å². The van der Waals surface area contributed by atoms with Gasteiger partial charge in [-0.1, -0.05) is 0 Å². The van der Waals surface area contributed by atoms with E-state index in [9.17, 15) is 0 Å². The zero-order valence-electron chi connectivity index (χ0n) is 8.66. The van der Waals surface area contributed by atoms with Gasteiger partial charge in [0.1, 0.15) is 5.65 Å². The van der Waals surface area contributed by atoms with Gasteiger partial charge in [-0.2, -0.15) is 0 Å². The summed E-state index contributed by atoms with van der Waals surface area (Å²) in [6, 6.07) is 4.16. The highest BCUT2D eigenvalue weighted by Gasteiger charge is 2.16. The minimum absolute atomic E-state index is 0.796. The molecule has 0 aliphatic carbocycles. The van der Waals surface area contributed by atoms with Gasteiger partial charge in [0.15, 0.2) is 0 Å². The lowest BCUT2D eigenvalue weighted by atomic mass is 9.99. The molecule has 0 aromatic carbocycles. The van der Waals surface area contributed by atoms with Gasteiger partial charge < -0.3 is 10.3 Å². The van der Waals surface area contributed by atoms with Crippen LogP contribution < -0.4 is 5.32 Å². The Labute approximate surface area is 88.9 Å². The largest absolute Gasteiger partial charge is 0.346 e. The lowest BCUT2D eigenvalue weighted by Crippen LogP contribution is -2.10. The van der Waals surface area contributed by atoms with E-state index in [1.54, 1.807) is 0 Å². The van der Waals surface area contributed by atoms with E-state index in [2.05, 4.69) is 27.5 Å². The van der Waals surface area contributed by atoms with E-state index in [0.29, 0.717) is 0 Å². The average Bonchev–Trinajstić information content (AvgIpc) is 2.89. The summed E-state index contributed by atoms with van der Waals surface area (Å²) in [6.07, 6.45) is 6.40. The summed E-state index contributed by atoms with van der Waals surface area (Å²) >= 11 is 0. The molecule has 2 aromatic rings. The van der Waals surface area contributed by atoms with Crippen molar-refractivity contribution in [2.75, 3.05) is 13.1 Å². The molecule has 1 saturated heterocycles. The van der Waals surface area contributed by atoms with Crippen molar-refractivity contribution < 1.29 is 0 Å². The van der Waals surface area contributed by atoms with Crippen LogP contribution >= 0.6 is 0 Å². The van der Waals surface area contributed by atoms with Crippen LogP contribution in [0.5, 0.6) is 0 Å². The molecule has 1 unspecified atom stereocenters. The first-order valence-electron chi connectivity index (χ1n) is 5.55. The first-order chi connectivity index (χ1) is 7.43. The predicted molar refractivity (Wildman–Crippen MR) is 60.8 cm³/mol. The molecule has 2 aromatic heterocycles. The number of aromatic nitrogens is 2. The normalized spacial score (nSPS) is 21.2. The predicted octanol–water partition coefficient (Wildman–Crippen LogP) is 1.71. The van der Waals surface area contributed by atoms with Gasteiger partial charge >= 0.3 is 0 Å². The molecule has 3 rings (SSSR count). The van der Waals surface area contributed by atoms with Crippen molar-refractivity contribution in [2.24, 2.45) is 5.92 Å². The fourth-order valence-corrected chi connectivity index (χ4v) is 2.38. The SMILES string of the molecule is c1cnc2[nH]cc(CC3CCNC3)c2c1. The Bertz CT molecular complexity index is 455. The summed E-state index contributed by atoms with van der Waals surface area (Å²) in [6.45, 7) is 2.33. The Morgan fingerprint density at radius 2 is 2.47 bits per heavy atom. The van der Waals surface area contributed by atoms with E-state index in [-0.39, 0.29) is 0 Å². The summed E-state index contributed by atoms with van der Waals surface area (Å²) in [5.41, 5.74) is 2.42. The number of hydrogen-bond donors (Lipinski definition) is 2. The highest BCUT2D eigenvalue weighted by Crippen LogP contribution is 2.21. The Hall–Kier alpha value is -1.35. The Morgan fingerprint density at radius 3 is 3.33 bits per heavy atom. The third-order valence-electron chi connectivity index (χ3n) is 3.21. The van der Waals surface area contributed by atoms with Gasteiger partial charge in [0.2, 0.25) is 0 Å². The van der Waals surface area contributed by atoms with Gasteiger partial charge in [-0.3, -0.25) is 0 Å². The lowest BCUT2D eigenvalue weighted by molar-refractivity contribution is 0.582. The molecule has 0 bridgehead atoms. The minimum atomic E-state index is 0.796. The van der Waals surface area contributed by atoms with Crippen molar-refractivity contribution in [1.82, 2.24) is 15.3 Å². The third-order valence-corrected chi connectivity index (χ3v) is 3.21. The van der Waals surface area contributed by atoms with Crippen LogP contribution in [0.4, 0.5) is 0 Å². The van der Waals surface area contributed by atoms with Crippen LogP contribution in [0.2, 0.25) is 0 Å². The summed E-state index contributed by atoms with van der Waals surface area (Å²) in [5.74, 6) is 0.796. The smallest absolute Gasteiger partial charge is 0.137 e. The zero-order valence-corrected chi connectivity index (χ0v) is 8.66. The highest BCUT2D eigenvalue weighted by molar-refractivity contribution is 5.79. The molecule has 1 atom stereocenters. The standard InChI is InChI=1S/C12H15N3/c1-2-11-10(6-9-3-5-13-7-9)8-15-12(11)14-4-1/h1-2,4,8-9,13H,3,5-7H2,(H,14,15). The second-order valence-corrected chi connectivity index (χ2v) is 4.28. The molecule has 1 aliphatic heterocycles. The second-order valence-electron chi connectivity index (χ2n) is 4.28. The van der Waals surface area contributed by atoms with E-state index in [4.69, 9.17) is 0 Å². The number of fused-ring (bicyclic) bond motifs is 1. The molecule has 0 amide bonds. The Balaban J connectivity index is 1.90. The number of pyridine rings is 1. The van der Waals surface area contributed by atoms with Gasteiger partial charge in [0.25, 0.3) is 0 Å². The van der Waals surface area contributed by atoms with Gasteiger partial charge in [-0.15, -0.1) is 0 Å². The first-order valence-corrected chi connectivity index (χ1v) is 5.55. The van der Waals surface area contributed by atoms with Gasteiger partial charge in [0, 0.05) is 17.8 Å². The lowest BCUT2D eigenvalue weighted by Gasteiger charge is -2.06. The topological polar surface area (TPSA) is 40.7 Å². The van der Waals surface area contributed by atoms with E-state index in [0.717, 1.165) is 18.1 Å². The third kappa shape index (κ3) is 1.63. The van der Waals surface area contributed by atoms with Crippen molar-refractivity contribution >= 4 is 11.0 Å². The van der Waals surface area contributed by atoms with Crippen molar-refractivity contribution in [3.63, 3.8) is 0 Å².